The average molecular weight is 390 g/mol. The van der Waals surface area contributed by atoms with E-state index < -0.39 is 16.0 Å². The first-order chi connectivity index (χ1) is 12.8. The van der Waals surface area contributed by atoms with E-state index in [-0.39, 0.29) is 32.0 Å². The van der Waals surface area contributed by atoms with Gasteiger partial charge in [0, 0.05) is 26.2 Å². The molecule has 1 aliphatic heterocycles. The van der Waals surface area contributed by atoms with E-state index in [0.29, 0.717) is 13.1 Å². The first kappa shape index (κ1) is 19.3. The van der Waals surface area contributed by atoms with Gasteiger partial charge in [0.15, 0.2) is 6.61 Å². The number of benzene rings is 2. The molecule has 0 unspecified atom stereocenters. The molecule has 2 aromatic carbocycles. The maximum absolute atomic E-state index is 12.2. The molecule has 27 heavy (non-hydrogen) atoms. The minimum Gasteiger partial charge on any atom is -0.455 e. The van der Waals surface area contributed by atoms with Crippen LogP contribution >= 0.6 is 0 Å². The number of fused-ring (bicyclic) bond motifs is 1. The molecule has 1 fully saturated rings. The van der Waals surface area contributed by atoms with E-state index in [0.717, 1.165) is 22.6 Å². The van der Waals surface area contributed by atoms with E-state index in [9.17, 15) is 18.0 Å². The predicted molar refractivity (Wildman–Crippen MR) is 102 cm³/mol. The van der Waals surface area contributed by atoms with E-state index in [2.05, 4.69) is 0 Å². The highest BCUT2D eigenvalue weighted by Gasteiger charge is 2.26. The van der Waals surface area contributed by atoms with Crippen LogP contribution in [0.1, 0.15) is 5.56 Å². The van der Waals surface area contributed by atoms with Gasteiger partial charge in [-0.05, 0) is 16.3 Å². The summed E-state index contributed by atoms with van der Waals surface area (Å²) in [4.78, 5) is 25.9. The van der Waals surface area contributed by atoms with Gasteiger partial charge in [-0.25, -0.2) is 8.42 Å². The lowest BCUT2D eigenvalue weighted by Gasteiger charge is -2.33. The lowest BCUT2D eigenvalue weighted by molar-refractivity contribution is -0.151. The highest BCUT2D eigenvalue weighted by atomic mass is 32.2. The maximum atomic E-state index is 12.2. The Morgan fingerprint density at radius 1 is 1.00 bits per heavy atom. The number of rotatable bonds is 5. The molecule has 1 heterocycles. The number of carbonyl (C=O) groups is 2. The second kappa shape index (κ2) is 8.06. The van der Waals surface area contributed by atoms with Gasteiger partial charge in [-0.3, -0.25) is 9.59 Å². The van der Waals surface area contributed by atoms with Gasteiger partial charge in [-0.2, -0.15) is 4.31 Å². The zero-order chi connectivity index (χ0) is 19.4. The summed E-state index contributed by atoms with van der Waals surface area (Å²) in [5, 5.41) is 2.03. The molecule has 2 aromatic rings. The number of amides is 1. The zero-order valence-electron chi connectivity index (χ0n) is 15.1. The van der Waals surface area contributed by atoms with Crippen molar-refractivity contribution >= 4 is 32.7 Å². The topological polar surface area (TPSA) is 84.0 Å². The van der Waals surface area contributed by atoms with E-state index in [4.69, 9.17) is 4.74 Å². The number of ether oxygens (including phenoxy) is 1. The van der Waals surface area contributed by atoms with Crippen LogP contribution in [0.25, 0.3) is 10.8 Å². The molecule has 7 nitrogen and oxygen atoms in total. The number of piperazine rings is 1. The number of esters is 1. The Bertz CT molecular complexity index is 944. The molecule has 0 saturated carbocycles. The largest absolute Gasteiger partial charge is 0.455 e. The second-order valence-corrected chi connectivity index (χ2v) is 8.50. The van der Waals surface area contributed by atoms with Crippen LogP contribution in [0.5, 0.6) is 0 Å². The van der Waals surface area contributed by atoms with E-state index in [1.807, 2.05) is 42.5 Å². The van der Waals surface area contributed by atoms with Crippen molar-refractivity contribution < 1.29 is 22.7 Å². The summed E-state index contributed by atoms with van der Waals surface area (Å²) in [5.74, 6) is -0.774. The Labute approximate surface area is 158 Å². The van der Waals surface area contributed by atoms with E-state index >= 15 is 0 Å². The maximum Gasteiger partial charge on any atom is 0.310 e. The summed E-state index contributed by atoms with van der Waals surface area (Å²) in [6, 6.07) is 13.5. The average Bonchev–Trinajstić information content (AvgIpc) is 2.66. The molecule has 0 N–H and O–H groups in total. The molecule has 0 atom stereocenters. The first-order valence-electron chi connectivity index (χ1n) is 8.70. The van der Waals surface area contributed by atoms with Crippen LogP contribution in [0.15, 0.2) is 42.5 Å². The smallest absolute Gasteiger partial charge is 0.310 e. The molecule has 1 amide bonds. The molecule has 3 rings (SSSR count). The van der Waals surface area contributed by atoms with Gasteiger partial charge >= 0.3 is 5.97 Å². The fraction of sp³-hybridized carbons (Fsp3) is 0.368. The molecule has 144 valence electrons. The second-order valence-electron chi connectivity index (χ2n) is 6.52. The van der Waals surface area contributed by atoms with Gasteiger partial charge in [0.1, 0.15) is 0 Å². The third-order valence-electron chi connectivity index (χ3n) is 4.63. The lowest BCUT2D eigenvalue weighted by Crippen LogP contribution is -2.51. The first-order valence-corrected chi connectivity index (χ1v) is 10.5. The summed E-state index contributed by atoms with van der Waals surface area (Å²) >= 11 is 0. The highest BCUT2D eigenvalue weighted by Crippen LogP contribution is 2.19. The van der Waals surface area contributed by atoms with Gasteiger partial charge in [0.2, 0.25) is 10.0 Å². The summed E-state index contributed by atoms with van der Waals surface area (Å²) in [6.07, 6.45) is 1.25. The Kier molecular flexibility index (Phi) is 5.76. The van der Waals surface area contributed by atoms with Crippen LogP contribution in [0.4, 0.5) is 0 Å². The van der Waals surface area contributed by atoms with Crippen molar-refractivity contribution in [1.82, 2.24) is 9.21 Å². The van der Waals surface area contributed by atoms with Crippen molar-refractivity contribution in [2.45, 2.75) is 6.42 Å². The van der Waals surface area contributed by atoms with Gasteiger partial charge in [0.05, 0.1) is 12.7 Å². The number of carbonyl (C=O) groups excluding carboxylic acids is 2. The molecular formula is C19H22N2O5S. The Balaban J connectivity index is 1.51. The van der Waals surface area contributed by atoms with Gasteiger partial charge < -0.3 is 9.64 Å². The van der Waals surface area contributed by atoms with Crippen LogP contribution in [0.2, 0.25) is 0 Å². The normalized spacial score (nSPS) is 15.7. The van der Waals surface area contributed by atoms with Crippen LogP contribution in [0.3, 0.4) is 0 Å². The Morgan fingerprint density at radius 3 is 2.37 bits per heavy atom. The van der Waals surface area contributed by atoms with Crippen LogP contribution in [-0.2, 0) is 30.8 Å². The number of sulfonamides is 1. The van der Waals surface area contributed by atoms with Crippen LogP contribution < -0.4 is 0 Å². The van der Waals surface area contributed by atoms with Gasteiger partial charge in [0.25, 0.3) is 5.91 Å². The summed E-state index contributed by atoms with van der Waals surface area (Å²) < 4.78 is 29.5. The fourth-order valence-electron chi connectivity index (χ4n) is 3.16. The van der Waals surface area contributed by atoms with E-state index in [1.54, 1.807) is 0 Å². The Hall–Kier alpha value is -2.45. The predicted octanol–water partition coefficient (Wildman–Crippen LogP) is 1.03. The highest BCUT2D eigenvalue weighted by molar-refractivity contribution is 7.88. The van der Waals surface area contributed by atoms with Crippen molar-refractivity contribution in [3.63, 3.8) is 0 Å². The fourth-order valence-corrected chi connectivity index (χ4v) is 3.98. The number of hydrogen-bond acceptors (Lipinski definition) is 5. The number of nitrogens with zero attached hydrogens (tertiary/aromatic N) is 2. The third kappa shape index (κ3) is 4.84. The molecule has 0 bridgehead atoms. The molecule has 0 aliphatic carbocycles. The molecular weight excluding hydrogens is 368 g/mol. The van der Waals surface area contributed by atoms with Crippen molar-refractivity contribution in [2.75, 3.05) is 39.0 Å². The van der Waals surface area contributed by atoms with Gasteiger partial charge in [-0.15, -0.1) is 0 Å². The lowest BCUT2D eigenvalue weighted by atomic mass is 10.0. The summed E-state index contributed by atoms with van der Waals surface area (Å²) in [5.41, 5.74) is 0.854. The molecule has 8 heteroatoms. The van der Waals surface area contributed by atoms with Crippen molar-refractivity contribution in [2.24, 2.45) is 0 Å². The SMILES string of the molecule is CS(=O)(=O)N1CCN(C(=O)COC(=O)Cc2cccc3ccccc23)CC1. The molecule has 1 saturated heterocycles. The van der Waals surface area contributed by atoms with E-state index in [1.165, 1.54) is 9.21 Å². The Morgan fingerprint density at radius 2 is 1.67 bits per heavy atom. The number of hydrogen-bond donors (Lipinski definition) is 0. The van der Waals surface area contributed by atoms with Crippen LogP contribution in [-0.4, -0.2) is 68.5 Å². The van der Waals surface area contributed by atoms with Crippen molar-refractivity contribution in [3.05, 3.63) is 48.0 Å². The summed E-state index contributed by atoms with van der Waals surface area (Å²) in [7, 11) is -3.24. The summed E-state index contributed by atoms with van der Waals surface area (Å²) in [6.45, 7) is 0.783. The minimum absolute atomic E-state index is 0.0937. The monoisotopic (exact) mass is 390 g/mol. The quantitative estimate of drug-likeness (QED) is 0.712. The van der Waals surface area contributed by atoms with Gasteiger partial charge in [-0.1, -0.05) is 42.5 Å². The molecule has 0 aromatic heterocycles. The molecule has 0 radical (unpaired) electrons. The standard InChI is InChI=1S/C19H22N2O5S/c1-27(24,25)21-11-9-20(10-12-21)18(22)14-26-19(23)13-16-7-4-6-15-5-2-3-8-17(15)16/h2-8H,9-14H2,1H3. The molecule has 0 spiro atoms. The van der Waals surface area contributed by atoms with Crippen LogP contribution in [0, 0.1) is 0 Å². The minimum atomic E-state index is -3.24. The van der Waals surface area contributed by atoms with Crippen molar-refractivity contribution in [1.29, 1.82) is 0 Å². The third-order valence-corrected chi connectivity index (χ3v) is 5.93. The zero-order valence-corrected chi connectivity index (χ0v) is 15.9. The molecule has 1 aliphatic rings. The van der Waals surface area contributed by atoms with Crippen molar-refractivity contribution in [3.8, 4) is 0 Å².